The minimum atomic E-state index is 0.265. The Kier molecular flexibility index (Phi) is 18.4. The maximum atomic E-state index is 6.67. The zero-order chi connectivity index (χ0) is 22.1. The molecular weight excluding hydrogens is 360 g/mol. The van der Waals surface area contributed by atoms with Crippen molar-refractivity contribution < 1.29 is 4.74 Å². The quantitative estimate of drug-likeness (QED) is 0.295. The zero-order valence-corrected chi connectivity index (χ0v) is 20.7. The van der Waals surface area contributed by atoms with Gasteiger partial charge in [-0.05, 0) is 91.9 Å². The van der Waals surface area contributed by atoms with E-state index in [-0.39, 0.29) is 12.2 Å². The van der Waals surface area contributed by atoms with Crippen LogP contribution in [0, 0.1) is 11.8 Å². The van der Waals surface area contributed by atoms with Gasteiger partial charge in [0.1, 0.15) is 0 Å². The van der Waals surface area contributed by atoms with Crippen LogP contribution in [0.5, 0.6) is 0 Å². The molecule has 0 aromatic carbocycles. The summed E-state index contributed by atoms with van der Waals surface area (Å²) in [5, 5.41) is 0. The normalized spacial score (nSPS) is 16.3. The Balaban J connectivity index is 4.40. The Morgan fingerprint density at radius 2 is 0.931 bits per heavy atom. The van der Waals surface area contributed by atoms with Crippen LogP contribution in [0.25, 0.3) is 0 Å². The maximum Gasteiger partial charge on any atom is 0.0616 e. The number of hydrogen-bond donors (Lipinski definition) is 2. The molecule has 5 heteroatoms. The van der Waals surface area contributed by atoms with Gasteiger partial charge in [-0.1, -0.05) is 52.4 Å². The maximum absolute atomic E-state index is 6.67. The van der Waals surface area contributed by atoms with E-state index in [1.54, 1.807) is 0 Å². The number of hydrogen-bond acceptors (Lipinski definition) is 5. The summed E-state index contributed by atoms with van der Waals surface area (Å²) in [5.41, 5.74) is 12.0. The smallest absolute Gasteiger partial charge is 0.0616 e. The predicted octanol–water partition coefficient (Wildman–Crippen LogP) is 3.95. The lowest BCUT2D eigenvalue weighted by Crippen LogP contribution is -2.36. The van der Waals surface area contributed by atoms with Crippen molar-refractivity contribution in [3.63, 3.8) is 0 Å². The Morgan fingerprint density at radius 3 is 1.24 bits per heavy atom. The van der Waals surface area contributed by atoms with E-state index in [1.807, 2.05) is 0 Å². The first-order chi connectivity index (χ1) is 13.8. The number of unbranched alkanes of at least 4 members (excludes halogenated alkanes) is 6. The Hall–Kier alpha value is -0.200. The molecule has 0 aromatic heterocycles. The third-order valence-corrected chi connectivity index (χ3v) is 6.05. The molecule has 0 rings (SSSR count). The van der Waals surface area contributed by atoms with Crippen molar-refractivity contribution in [2.75, 3.05) is 54.4 Å². The number of nitrogens with two attached hydrogens (primary N) is 2. The molecular formula is C24H54N4O. The fourth-order valence-electron chi connectivity index (χ4n) is 3.76. The largest absolute Gasteiger partial charge is 0.374 e. The third-order valence-electron chi connectivity index (χ3n) is 6.05. The van der Waals surface area contributed by atoms with Crippen LogP contribution in [0.4, 0.5) is 0 Å². The fourth-order valence-corrected chi connectivity index (χ4v) is 3.76. The molecule has 4 N–H and O–H groups in total. The molecule has 0 aliphatic rings. The molecule has 4 unspecified atom stereocenters. The highest BCUT2D eigenvalue weighted by molar-refractivity contribution is 4.74. The summed E-state index contributed by atoms with van der Waals surface area (Å²) in [6, 6.07) is 0. The van der Waals surface area contributed by atoms with Gasteiger partial charge in [0.2, 0.25) is 0 Å². The van der Waals surface area contributed by atoms with Crippen molar-refractivity contribution in [3.8, 4) is 0 Å². The summed E-state index contributed by atoms with van der Waals surface area (Å²) < 4.78 is 6.67. The highest BCUT2D eigenvalue weighted by Gasteiger charge is 2.24. The molecule has 5 nitrogen and oxygen atoms in total. The molecule has 0 saturated carbocycles. The molecule has 0 radical (unpaired) electrons. The zero-order valence-electron chi connectivity index (χ0n) is 20.7. The summed E-state index contributed by atoms with van der Waals surface area (Å²) in [5.74, 6) is 0.814. The van der Waals surface area contributed by atoms with Crippen molar-refractivity contribution >= 4 is 0 Å². The van der Waals surface area contributed by atoms with E-state index >= 15 is 0 Å². The van der Waals surface area contributed by atoms with E-state index in [1.165, 1.54) is 64.5 Å². The highest BCUT2D eigenvalue weighted by Crippen LogP contribution is 2.23. The van der Waals surface area contributed by atoms with Crippen LogP contribution in [-0.2, 0) is 4.74 Å². The third kappa shape index (κ3) is 16.2. The second-order valence-electron chi connectivity index (χ2n) is 9.65. The second-order valence-corrected chi connectivity index (χ2v) is 9.65. The summed E-state index contributed by atoms with van der Waals surface area (Å²) in [4.78, 5) is 4.53. The van der Waals surface area contributed by atoms with Crippen LogP contribution in [0.3, 0.4) is 0 Å². The summed E-state index contributed by atoms with van der Waals surface area (Å²) in [6.07, 6.45) is 13.0. The number of ether oxygens (including phenoxy) is 1. The Bertz CT molecular complexity index is 320. The monoisotopic (exact) mass is 414 g/mol. The van der Waals surface area contributed by atoms with Gasteiger partial charge in [0.25, 0.3) is 0 Å². The topological polar surface area (TPSA) is 67.8 Å². The first kappa shape index (κ1) is 28.8. The predicted molar refractivity (Wildman–Crippen MR) is 128 cm³/mol. The van der Waals surface area contributed by atoms with Gasteiger partial charge in [0.05, 0.1) is 12.2 Å². The highest BCUT2D eigenvalue weighted by atomic mass is 16.5. The Labute approximate surface area is 182 Å². The first-order valence-electron chi connectivity index (χ1n) is 12.2. The van der Waals surface area contributed by atoms with Gasteiger partial charge >= 0.3 is 0 Å². The van der Waals surface area contributed by atoms with Gasteiger partial charge in [0.15, 0.2) is 0 Å². The van der Waals surface area contributed by atoms with Crippen LogP contribution >= 0.6 is 0 Å². The lowest BCUT2D eigenvalue weighted by atomic mass is 9.95. The molecule has 0 spiro atoms. The number of rotatable bonds is 20. The van der Waals surface area contributed by atoms with Gasteiger partial charge in [-0.2, -0.15) is 0 Å². The van der Waals surface area contributed by atoms with Crippen LogP contribution in [0.15, 0.2) is 0 Å². The van der Waals surface area contributed by atoms with Crippen molar-refractivity contribution in [3.05, 3.63) is 0 Å². The lowest BCUT2D eigenvalue weighted by molar-refractivity contribution is -0.0680. The van der Waals surface area contributed by atoms with Crippen LogP contribution in [0.1, 0.15) is 78.1 Å². The molecule has 0 fully saturated rings. The van der Waals surface area contributed by atoms with Gasteiger partial charge in [-0.3, -0.25) is 0 Å². The molecule has 4 atom stereocenters. The molecule has 176 valence electrons. The SMILES string of the molecule is CC(CN)C(CCCCCCN(C)C)OC(CCCCCCN(C)C)C(C)CN. The van der Waals surface area contributed by atoms with E-state index in [0.29, 0.717) is 24.9 Å². The Morgan fingerprint density at radius 1 is 0.586 bits per heavy atom. The summed E-state index contributed by atoms with van der Waals surface area (Å²) in [6.45, 7) is 8.23. The van der Waals surface area contributed by atoms with E-state index in [9.17, 15) is 0 Å². The standard InChI is InChI=1S/C24H54N4O/c1-21(19-25)23(15-11-7-9-13-17-27(3)4)29-24(22(2)20-26)16-12-8-10-14-18-28(5)6/h21-24H,7-20,25-26H2,1-6H3. The van der Waals surface area contributed by atoms with Crippen molar-refractivity contribution in [2.24, 2.45) is 23.3 Å². The minimum Gasteiger partial charge on any atom is -0.374 e. The molecule has 0 aliphatic carbocycles. The van der Waals surface area contributed by atoms with Gasteiger partial charge in [-0.15, -0.1) is 0 Å². The molecule has 29 heavy (non-hydrogen) atoms. The molecule has 0 amide bonds. The molecule has 0 aromatic rings. The molecule has 0 bridgehead atoms. The lowest BCUT2D eigenvalue weighted by Gasteiger charge is -2.32. The van der Waals surface area contributed by atoms with Crippen LogP contribution in [0.2, 0.25) is 0 Å². The summed E-state index contributed by atoms with van der Waals surface area (Å²) >= 11 is 0. The van der Waals surface area contributed by atoms with Crippen LogP contribution in [-0.4, -0.2) is 76.4 Å². The van der Waals surface area contributed by atoms with E-state index in [2.05, 4.69) is 51.8 Å². The summed E-state index contributed by atoms with van der Waals surface area (Å²) in [7, 11) is 8.59. The van der Waals surface area contributed by atoms with Crippen LogP contribution < -0.4 is 11.5 Å². The van der Waals surface area contributed by atoms with Crippen molar-refractivity contribution in [1.29, 1.82) is 0 Å². The van der Waals surface area contributed by atoms with E-state index in [4.69, 9.17) is 16.2 Å². The average molecular weight is 415 g/mol. The van der Waals surface area contributed by atoms with Gasteiger partial charge < -0.3 is 26.0 Å². The minimum absolute atomic E-state index is 0.265. The fraction of sp³-hybridized carbons (Fsp3) is 1.00. The van der Waals surface area contributed by atoms with Crippen molar-refractivity contribution in [1.82, 2.24) is 9.80 Å². The van der Waals surface area contributed by atoms with E-state index < -0.39 is 0 Å². The molecule has 0 saturated heterocycles. The van der Waals surface area contributed by atoms with E-state index in [0.717, 1.165) is 12.8 Å². The first-order valence-corrected chi connectivity index (χ1v) is 12.2. The van der Waals surface area contributed by atoms with Gasteiger partial charge in [0, 0.05) is 0 Å². The molecule has 0 aliphatic heterocycles. The average Bonchev–Trinajstić information content (AvgIpc) is 2.68. The number of nitrogens with zero attached hydrogens (tertiary/aromatic N) is 2. The van der Waals surface area contributed by atoms with Crippen molar-refractivity contribution in [2.45, 2.75) is 90.3 Å². The second kappa shape index (κ2) is 18.6. The molecule has 0 heterocycles. The van der Waals surface area contributed by atoms with Gasteiger partial charge in [-0.25, -0.2) is 0 Å².